The summed E-state index contributed by atoms with van der Waals surface area (Å²) in [4.78, 5) is 61.2. The van der Waals surface area contributed by atoms with Gasteiger partial charge in [-0.1, -0.05) is 205 Å². The number of thiophene rings is 2. The van der Waals surface area contributed by atoms with Crippen LogP contribution in [0.2, 0.25) is 0 Å². The molecule has 0 amide bonds. The molecule has 7 aromatic carbocycles. The van der Waals surface area contributed by atoms with E-state index in [0.29, 0.717) is 21.5 Å². The molecule has 11 aromatic rings. The minimum absolute atomic E-state index is 0.126. The summed E-state index contributed by atoms with van der Waals surface area (Å²) in [6, 6.07) is 21.7. The fourth-order valence-corrected chi connectivity index (χ4v) is 15.9. The Morgan fingerprint density at radius 2 is 0.618 bits per heavy atom. The molecule has 0 bridgehead atoms. The first-order valence-electron chi connectivity index (χ1n) is 30.0. The minimum atomic E-state index is -0.138. The summed E-state index contributed by atoms with van der Waals surface area (Å²) >= 11 is 3.14. The second-order valence-corrected chi connectivity index (χ2v) is 24.6. The predicted molar refractivity (Wildman–Crippen MR) is 333 cm³/mol. The van der Waals surface area contributed by atoms with Gasteiger partial charge in [0.1, 0.15) is 0 Å². The Morgan fingerprint density at radius 1 is 0.316 bits per heavy atom. The van der Waals surface area contributed by atoms with Crippen molar-refractivity contribution in [1.29, 1.82) is 0 Å². The lowest BCUT2D eigenvalue weighted by Crippen LogP contribution is -2.30. The van der Waals surface area contributed by atoms with Crippen LogP contribution in [0.5, 0.6) is 0 Å². The van der Waals surface area contributed by atoms with Crippen LogP contribution in [-0.2, 0) is 0 Å². The summed E-state index contributed by atoms with van der Waals surface area (Å²) < 4.78 is 5.19. The van der Waals surface area contributed by atoms with Gasteiger partial charge in [-0.2, -0.15) is 0 Å². The van der Waals surface area contributed by atoms with Gasteiger partial charge in [-0.05, 0) is 115 Å². The third kappa shape index (κ3) is 9.19. The molecule has 4 aromatic heterocycles. The van der Waals surface area contributed by atoms with Gasteiger partial charge in [-0.25, -0.2) is 0 Å². The average molecular weight is 1050 g/mol. The standard InChI is InChI=1S/C68H78N2O4S2/c1-5-9-13-17-19-21-25-31-43(29-23-15-11-7-3)69-65(71)59-57-49-35-27-33-45-52-42-54-48-38-40-76-64(48)62-60(66(72)70(68(62)74)44(30-24-16-12-8-4)32-26-22-20-18-14-10-6-2)58(54)50-36-28-34-46(56(50)52)51(55(45)49)41-53(57)47-37-39-75-63(47)61(59)67(69)73/h27-28,33-44H,5-26,29-32H2,1-4H3. The first kappa shape index (κ1) is 52.6. The molecular formula is C68H78N2O4S2. The zero-order chi connectivity index (χ0) is 52.5. The molecule has 6 nitrogen and oxygen atoms in total. The van der Waals surface area contributed by atoms with Gasteiger partial charge in [-0.15, -0.1) is 22.7 Å². The lowest BCUT2D eigenvalue weighted by atomic mass is 9.84. The number of rotatable bonds is 28. The van der Waals surface area contributed by atoms with Crippen LogP contribution < -0.4 is 22.2 Å². The summed E-state index contributed by atoms with van der Waals surface area (Å²) in [5.74, 6) is 0. The highest BCUT2D eigenvalue weighted by molar-refractivity contribution is 7.18. The van der Waals surface area contributed by atoms with Crippen molar-refractivity contribution in [2.45, 2.75) is 207 Å². The number of benzene rings is 7. The van der Waals surface area contributed by atoms with E-state index in [1.807, 2.05) is 0 Å². The Labute approximate surface area is 455 Å². The lowest BCUT2D eigenvalue weighted by Gasteiger charge is -2.19. The molecule has 396 valence electrons. The van der Waals surface area contributed by atoms with Gasteiger partial charge in [-0.3, -0.25) is 28.3 Å². The van der Waals surface area contributed by atoms with E-state index in [1.165, 1.54) is 64.2 Å². The zero-order valence-electron chi connectivity index (χ0n) is 45.8. The monoisotopic (exact) mass is 1050 g/mol. The Morgan fingerprint density at radius 3 is 0.987 bits per heavy atom. The molecule has 11 rings (SSSR count). The van der Waals surface area contributed by atoms with Crippen molar-refractivity contribution < 1.29 is 0 Å². The molecule has 0 aliphatic carbocycles. The molecule has 0 saturated heterocycles. The van der Waals surface area contributed by atoms with E-state index in [9.17, 15) is 0 Å². The number of fused-ring (bicyclic) bond motifs is 16. The van der Waals surface area contributed by atoms with Gasteiger partial charge in [0.2, 0.25) is 0 Å². The molecule has 0 aliphatic heterocycles. The molecule has 0 fully saturated rings. The number of unbranched alkanes of at least 4 members (excludes halogenated alkanes) is 18. The fourth-order valence-electron chi connectivity index (χ4n) is 14.0. The Bertz CT molecular complexity index is 3820. The maximum atomic E-state index is 15.5. The van der Waals surface area contributed by atoms with E-state index in [1.54, 1.807) is 31.8 Å². The van der Waals surface area contributed by atoms with Crippen LogP contribution in [0.4, 0.5) is 0 Å². The molecule has 0 spiro atoms. The normalized spacial score (nSPS) is 13.4. The van der Waals surface area contributed by atoms with Crippen molar-refractivity contribution in [2.24, 2.45) is 0 Å². The second-order valence-electron chi connectivity index (χ2n) is 22.8. The van der Waals surface area contributed by atoms with Crippen molar-refractivity contribution in [2.75, 3.05) is 0 Å². The summed E-state index contributed by atoms with van der Waals surface area (Å²) in [7, 11) is 0. The van der Waals surface area contributed by atoms with E-state index in [4.69, 9.17) is 0 Å². The summed E-state index contributed by atoms with van der Waals surface area (Å²) in [6.07, 6.45) is 29.0. The highest BCUT2D eigenvalue weighted by Gasteiger charge is 2.30. The van der Waals surface area contributed by atoms with Crippen LogP contribution in [0.1, 0.15) is 207 Å². The average Bonchev–Trinajstić information content (AvgIpc) is 4.40. The Hall–Kier alpha value is -5.44. The second kappa shape index (κ2) is 23.3. The first-order valence-corrected chi connectivity index (χ1v) is 31.7. The first-order chi connectivity index (χ1) is 37.3. The maximum Gasteiger partial charge on any atom is 0.263 e. The summed E-state index contributed by atoms with van der Waals surface area (Å²) in [5, 5.41) is 20.7. The molecule has 0 saturated carbocycles. The number of aromatic nitrogens is 2. The quantitative estimate of drug-likeness (QED) is 0.0278. The highest BCUT2D eigenvalue weighted by atomic mass is 32.1. The van der Waals surface area contributed by atoms with Crippen molar-refractivity contribution in [3.63, 3.8) is 0 Å². The van der Waals surface area contributed by atoms with E-state index in [2.05, 4.69) is 99.1 Å². The molecule has 76 heavy (non-hydrogen) atoms. The van der Waals surface area contributed by atoms with Crippen LogP contribution in [0.3, 0.4) is 0 Å². The number of hydrogen-bond acceptors (Lipinski definition) is 6. The van der Waals surface area contributed by atoms with Gasteiger partial charge >= 0.3 is 0 Å². The van der Waals surface area contributed by atoms with Crippen molar-refractivity contribution >= 4 is 129 Å². The summed E-state index contributed by atoms with van der Waals surface area (Å²) in [6.45, 7) is 8.97. The number of hydrogen-bond donors (Lipinski definition) is 0. The van der Waals surface area contributed by atoms with Gasteiger partial charge in [0.05, 0.1) is 21.5 Å². The van der Waals surface area contributed by atoms with Crippen molar-refractivity contribution in [1.82, 2.24) is 9.13 Å². The third-order valence-corrected chi connectivity index (χ3v) is 19.7. The Balaban J connectivity index is 1.12. The maximum absolute atomic E-state index is 15.5. The van der Waals surface area contributed by atoms with Crippen LogP contribution in [0, 0.1) is 0 Å². The lowest BCUT2D eigenvalue weighted by molar-refractivity contribution is 0.384. The van der Waals surface area contributed by atoms with E-state index >= 15 is 19.2 Å². The molecule has 2 unspecified atom stereocenters. The topological polar surface area (TPSA) is 78.1 Å². The summed E-state index contributed by atoms with van der Waals surface area (Å²) in [5.41, 5.74) is -0.527. The minimum Gasteiger partial charge on any atom is -0.271 e. The van der Waals surface area contributed by atoms with Crippen molar-refractivity contribution in [3.8, 4) is 0 Å². The fraction of sp³-hybridized carbons (Fsp3) is 0.471. The van der Waals surface area contributed by atoms with Crippen LogP contribution in [0.15, 0.2) is 90.6 Å². The molecule has 0 aliphatic rings. The SMILES string of the molecule is CCCCCCCCCC(CCCCCC)n1c(=O)c2c3sccc3c3cc4c5cccc6c5c(cc5c7ccsc7c7c(=O)n(C(CCCCCC)CCCCCCCCC)c(=O)c7c56)c5cccc(c54)c3c2c1=O. The van der Waals surface area contributed by atoms with Crippen LogP contribution in [0.25, 0.3) is 106 Å². The van der Waals surface area contributed by atoms with E-state index < -0.39 is 0 Å². The molecule has 0 radical (unpaired) electrons. The largest absolute Gasteiger partial charge is 0.271 e. The van der Waals surface area contributed by atoms with Gasteiger partial charge in [0.25, 0.3) is 22.2 Å². The molecule has 8 heteroatoms. The van der Waals surface area contributed by atoms with Gasteiger partial charge < -0.3 is 0 Å². The smallest absolute Gasteiger partial charge is 0.263 e. The Kier molecular flexibility index (Phi) is 16.1. The van der Waals surface area contributed by atoms with Crippen LogP contribution in [-0.4, -0.2) is 9.13 Å². The van der Waals surface area contributed by atoms with E-state index in [0.717, 1.165) is 188 Å². The van der Waals surface area contributed by atoms with Crippen molar-refractivity contribution in [3.05, 3.63) is 113 Å². The number of nitrogens with zero attached hydrogens (tertiary/aromatic N) is 2. The molecular weight excluding hydrogens is 973 g/mol. The molecule has 2 atom stereocenters. The molecule has 4 heterocycles. The van der Waals surface area contributed by atoms with Crippen LogP contribution >= 0.6 is 22.7 Å². The predicted octanol–water partition coefficient (Wildman–Crippen LogP) is 20.0. The third-order valence-electron chi connectivity index (χ3n) is 17.8. The van der Waals surface area contributed by atoms with Gasteiger partial charge in [0, 0.05) is 43.0 Å². The highest BCUT2D eigenvalue weighted by Crippen LogP contribution is 2.50. The zero-order valence-corrected chi connectivity index (χ0v) is 47.4. The van der Waals surface area contributed by atoms with Gasteiger partial charge in [0.15, 0.2) is 0 Å². The van der Waals surface area contributed by atoms with E-state index in [-0.39, 0.29) is 34.3 Å². The molecule has 0 N–H and O–H groups in total.